The number of likely N-dealkylation sites (tertiary alicyclic amines) is 1. The van der Waals surface area contributed by atoms with Gasteiger partial charge in [-0.05, 0) is 26.0 Å². The summed E-state index contributed by atoms with van der Waals surface area (Å²) in [6.45, 7) is 3.85. The summed E-state index contributed by atoms with van der Waals surface area (Å²) >= 11 is 1.59. The molecule has 2 aromatic rings. The Bertz CT molecular complexity index is 713. The normalized spacial score (nSPS) is 24.2. The molecule has 2 unspecified atom stereocenters. The molecule has 5 nitrogen and oxygen atoms in total. The van der Waals surface area contributed by atoms with Crippen LogP contribution in [-0.4, -0.2) is 50.8 Å². The average molecular weight is 332 g/mol. The van der Waals surface area contributed by atoms with Crippen LogP contribution in [0.2, 0.25) is 0 Å². The van der Waals surface area contributed by atoms with Crippen molar-refractivity contribution >= 4 is 17.2 Å². The van der Waals surface area contributed by atoms with E-state index in [0.29, 0.717) is 12.0 Å². The Kier molecular flexibility index (Phi) is 4.23. The standard InChI is InChI=1S/C17H20N2O3S/c1-11-18-15(9-23-11)12-3-5-13(6-4-12)16(22)19-8-14(21)7-17(19,2)10-20/h3-6,9,14,20-21H,7-8,10H2,1-2H3. The molecule has 1 aromatic heterocycles. The highest BCUT2D eigenvalue weighted by Crippen LogP contribution is 2.31. The fourth-order valence-corrected chi connectivity index (χ4v) is 3.65. The van der Waals surface area contributed by atoms with Crippen molar-refractivity contribution in [3.05, 3.63) is 40.2 Å². The number of carbonyl (C=O) groups is 1. The van der Waals surface area contributed by atoms with E-state index in [4.69, 9.17) is 0 Å². The van der Waals surface area contributed by atoms with Crippen LogP contribution in [0.15, 0.2) is 29.6 Å². The van der Waals surface area contributed by atoms with Crippen molar-refractivity contribution in [1.29, 1.82) is 0 Å². The largest absolute Gasteiger partial charge is 0.394 e. The second-order valence-electron chi connectivity index (χ2n) is 6.26. The second kappa shape index (κ2) is 6.03. The molecule has 1 amide bonds. The summed E-state index contributed by atoms with van der Waals surface area (Å²) < 4.78 is 0. The first-order chi connectivity index (χ1) is 10.9. The first-order valence-corrected chi connectivity index (χ1v) is 8.44. The van der Waals surface area contributed by atoms with E-state index in [1.165, 1.54) is 0 Å². The van der Waals surface area contributed by atoms with Crippen LogP contribution in [0.1, 0.15) is 28.7 Å². The number of amides is 1. The highest BCUT2D eigenvalue weighted by molar-refractivity contribution is 7.09. The quantitative estimate of drug-likeness (QED) is 0.902. The van der Waals surface area contributed by atoms with E-state index in [9.17, 15) is 15.0 Å². The van der Waals surface area contributed by atoms with Crippen LogP contribution in [0.3, 0.4) is 0 Å². The minimum Gasteiger partial charge on any atom is -0.394 e. The van der Waals surface area contributed by atoms with Crippen molar-refractivity contribution in [2.75, 3.05) is 13.2 Å². The van der Waals surface area contributed by atoms with E-state index in [1.807, 2.05) is 24.4 Å². The molecule has 6 heteroatoms. The van der Waals surface area contributed by atoms with Gasteiger partial charge in [-0.15, -0.1) is 11.3 Å². The summed E-state index contributed by atoms with van der Waals surface area (Å²) in [6.07, 6.45) is -0.195. The number of nitrogens with zero attached hydrogens (tertiary/aromatic N) is 2. The Morgan fingerprint density at radius 2 is 2.13 bits per heavy atom. The maximum Gasteiger partial charge on any atom is 0.254 e. The van der Waals surface area contributed by atoms with E-state index < -0.39 is 11.6 Å². The zero-order valence-electron chi connectivity index (χ0n) is 13.2. The van der Waals surface area contributed by atoms with Crippen molar-refractivity contribution < 1.29 is 15.0 Å². The fourth-order valence-electron chi connectivity index (χ4n) is 3.03. The summed E-state index contributed by atoms with van der Waals surface area (Å²) in [7, 11) is 0. The third kappa shape index (κ3) is 3.02. The number of aromatic nitrogens is 1. The van der Waals surface area contributed by atoms with Crippen LogP contribution in [0.4, 0.5) is 0 Å². The second-order valence-corrected chi connectivity index (χ2v) is 7.32. The Morgan fingerprint density at radius 1 is 1.43 bits per heavy atom. The molecular weight excluding hydrogens is 312 g/mol. The Labute approximate surface area is 139 Å². The predicted molar refractivity (Wildman–Crippen MR) is 89.4 cm³/mol. The highest BCUT2D eigenvalue weighted by atomic mass is 32.1. The summed E-state index contributed by atoms with van der Waals surface area (Å²) in [6, 6.07) is 7.30. The fraction of sp³-hybridized carbons (Fsp3) is 0.412. The lowest BCUT2D eigenvalue weighted by Gasteiger charge is -2.33. The topological polar surface area (TPSA) is 73.7 Å². The van der Waals surface area contributed by atoms with Crippen LogP contribution in [0.25, 0.3) is 11.3 Å². The zero-order valence-corrected chi connectivity index (χ0v) is 14.0. The third-order valence-electron chi connectivity index (χ3n) is 4.35. The molecule has 2 atom stereocenters. The number of hydrogen-bond donors (Lipinski definition) is 2. The van der Waals surface area contributed by atoms with Crippen molar-refractivity contribution in [3.63, 3.8) is 0 Å². The van der Waals surface area contributed by atoms with Gasteiger partial charge in [0.2, 0.25) is 0 Å². The van der Waals surface area contributed by atoms with E-state index in [2.05, 4.69) is 4.98 Å². The van der Waals surface area contributed by atoms with Crippen molar-refractivity contribution in [2.45, 2.75) is 31.9 Å². The van der Waals surface area contributed by atoms with E-state index in [0.717, 1.165) is 16.3 Å². The Balaban J connectivity index is 1.83. The molecule has 0 saturated carbocycles. The molecular formula is C17H20N2O3S. The number of aliphatic hydroxyl groups is 2. The van der Waals surface area contributed by atoms with Crippen LogP contribution < -0.4 is 0 Å². The van der Waals surface area contributed by atoms with Gasteiger partial charge in [0, 0.05) is 29.5 Å². The molecule has 0 radical (unpaired) electrons. The van der Waals surface area contributed by atoms with Gasteiger partial charge in [-0.3, -0.25) is 4.79 Å². The molecule has 0 aliphatic carbocycles. The third-order valence-corrected chi connectivity index (χ3v) is 5.13. The number of thiazole rings is 1. The number of β-amino-alcohol motifs (C(OH)–C–C–N with tert-alkyl or cyclic N) is 1. The van der Waals surface area contributed by atoms with Gasteiger partial charge in [-0.2, -0.15) is 0 Å². The lowest BCUT2D eigenvalue weighted by Crippen LogP contribution is -2.47. The van der Waals surface area contributed by atoms with Crippen LogP contribution in [0, 0.1) is 6.92 Å². The summed E-state index contributed by atoms with van der Waals surface area (Å²) in [5.41, 5.74) is 1.72. The molecule has 1 fully saturated rings. The van der Waals surface area contributed by atoms with Crippen LogP contribution >= 0.6 is 11.3 Å². The maximum absolute atomic E-state index is 12.7. The first kappa shape index (κ1) is 16.1. The maximum atomic E-state index is 12.7. The number of aliphatic hydroxyl groups excluding tert-OH is 2. The molecule has 1 aliphatic rings. The molecule has 3 rings (SSSR count). The van der Waals surface area contributed by atoms with Gasteiger partial charge in [0.1, 0.15) is 0 Å². The smallest absolute Gasteiger partial charge is 0.254 e. The average Bonchev–Trinajstić information content (AvgIpc) is 3.10. The molecule has 2 N–H and O–H groups in total. The van der Waals surface area contributed by atoms with Gasteiger partial charge in [-0.25, -0.2) is 4.98 Å². The van der Waals surface area contributed by atoms with Crippen LogP contribution in [0.5, 0.6) is 0 Å². The predicted octanol–water partition coefficient (Wildman–Crippen LogP) is 2.08. The lowest BCUT2D eigenvalue weighted by molar-refractivity contribution is 0.0472. The van der Waals surface area contributed by atoms with Gasteiger partial charge in [0.05, 0.1) is 29.0 Å². The molecule has 0 bridgehead atoms. The minimum absolute atomic E-state index is 0.161. The van der Waals surface area contributed by atoms with Crippen molar-refractivity contribution in [3.8, 4) is 11.3 Å². The van der Waals surface area contributed by atoms with Gasteiger partial charge < -0.3 is 15.1 Å². The van der Waals surface area contributed by atoms with Gasteiger partial charge in [0.15, 0.2) is 0 Å². The monoisotopic (exact) mass is 332 g/mol. The SMILES string of the molecule is Cc1nc(-c2ccc(C(=O)N3CC(O)CC3(C)CO)cc2)cs1. The van der Waals surface area contributed by atoms with Crippen LogP contribution in [-0.2, 0) is 0 Å². The number of aryl methyl sites for hydroxylation is 1. The lowest BCUT2D eigenvalue weighted by atomic mass is 9.98. The number of carbonyl (C=O) groups excluding carboxylic acids is 1. The minimum atomic E-state index is -0.707. The van der Waals surface area contributed by atoms with Gasteiger partial charge in [0.25, 0.3) is 5.91 Å². The van der Waals surface area contributed by atoms with Crippen molar-refractivity contribution in [1.82, 2.24) is 9.88 Å². The number of benzene rings is 1. The molecule has 2 heterocycles. The number of rotatable bonds is 3. The number of hydrogen-bond acceptors (Lipinski definition) is 5. The molecule has 1 aromatic carbocycles. The van der Waals surface area contributed by atoms with E-state index >= 15 is 0 Å². The Morgan fingerprint density at radius 3 is 2.70 bits per heavy atom. The molecule has 0 spiro atoms. The summed E-state index contributed by atoms with van der Waals surface area (Å²) in [4.78, 5) is 18.7. The zero-order chi connectivity index (χ0) is 16.6. The molecule has 122 valence electrons. The Hall–Kier alpha value is -1.76. The summed E-state index contributed by atoms with van der Waals surface area (Å²) in [5.74, 6) is -0.167. The van der Waals surface area contributed by atoms with Gasteiger partial charge >= 0.3 is 0 Å². The van der Waals surface area contributed by atoms with Gasteiger partial charge in [-0.1, -0.05) is 12.1 Å². The van der Waals surface area contributed by atoms with E-state index in [-0.39, 0.29) is 19.1 Å². The molecule has 1 aliphatic heterocycles. The van der Waals surface area contributed by atoms with Crippen molar-refractivity contribution in [2.24, 2.45) is 0 Å². The first-order valence-electron chi connectivity index (χ1n) is 7.56. The molecule has 23 heavy (non-hydrogen) atoms. The summed E-state index contributed by atoms with van der Waals surface area (Å²) in [5, 5.41) is 22.4. The molecule has 1 saturated heterocycles. The highest BCUT2D eigenvalue weighted by Gasteiger charge is 2.43. The van der Waals surface area contributed by atoms with E-state index in [1.54, 1.807) is 35.3 Å².